The second-order valence-corrected chi connectivity index (χ2v) is 7.49. The van der Waals surface area contributed by atoms with E-state index in [9.17, 15) is 4.79 Å². The van der Waals surface area contributed by atoms with Gasteiger partial charge in [-0.1, -0.05) is 24.3 Å². The zero-order valence-corrected chi connectivity index (χ0v) is 15.6. The lowest BCUT2D eigenvalue weighted by atomic mass is 10.1. The molecular weight excluding hydrogens is 340 g/mol. The molecule has 0 saturated carbocycles. The second kappa shape index (κ2) is 8.73. The molecule has 26 heavy (non-hydrogen) atoms. The molecule has 0 heterocycles. The van der Waals surface area contributed by atoms with Crippen molar-refractivity contribution in [2.45, 2.75) is 30.7 Å². The van der Waals surface area contributed by atoms with Gasteiger partial charge >= 0.3 is 0 Å². The van der Waals surface area contributed by atoms with Crippen LogP contribution in [0, 0.1) is 11.3 Å². The molecule has 4 heteroatoms. The Labute approximate surface area is 159 Å². The van der Waals surface area contributed by atoms with Crippen LogP contribution in [0.3, 0.4) is 0 Å². The van der Waals surface area contributed by atoms with Crippen LogP contribution in [0.4, 0.5) is 0 Å². The first-order chi connectivity index (χ1) is 12.7. The number of thioether (sulfide) groups is 1. The fraction of sp³-hybridized carbons (Fsp3) is 0.273. The zero-order valence-electron chi connectivity index (χ0n) is 14.8. The number of benzene rings is 2. The number of fused-ring (bicyclic) bond motifs is 1. The maximum Gasteiger partial charge on any atom is 0.233 e. The number of hydrogen-bond donors (Lipinski definition) is 0. The minimum Gasteiger partial charge on any atom is -0.334 e. The number of amides is 1. The molecule has 3 nitrogen and oxygen atoms in total. The van der Waals surface area contributed by atoms with Gasteiger partial charge in [-0.05, 0) is 60.2 Å². The summed E-state index contributed by atoms with van der Waals surface area (Å²) in [5.74, 6) is 0.517. The van der Waals surface area contributed by atoms with Gasteiger partial charge in [0.1, 0.15) is 0 Å². The molecule has 0 spiro atoms. The molecule has 0 fully saturated rings. The Kier molecular flexibility index (Phi) is 6.14. The minimum absolute atomic E-state index is 0.0970. The molecule has 132 valence electrons. The second-order valence-electron chi connectivity index (χ2n) is 6.44. The average molecular weight is 362 g/mol. The van der Waals surface area contributed by atoms with E-state index in [1.54, 1.807) is 34.9 Å². The highest BCUT2D eigenvalue weighted by molar-refractivity contribution is 8.00. The van der Waals surface area contributed by atoms with Gasteiger partial charge in [0, 0.05) is 18.0 Å². The minimum atomic E-state index is 0.0970. The lowest BCUT2D eigenvalue weighted by Gasteiger charge is -2.21. The van der Waals surface area contributed by atoms with Gasteiger partial charge in [0.05, 0.1) is 17.4 Å². The van der Waals surface area contributed by atoms with E-state index in [1.165, 1.54) is 24.0 Å². The highest BCUT2D eigenvalue weighted by Gasteiger charge is 2.15. The number of carbonyl (C=O) groups excluding carboxylic acids is 1. The summed E-state index contributed by atoms with van der Waals surface area (Å²) in [7, 11) is 0. The molecule has 3 rings (SSSR count). The first-order valence-corrected chi connectivity index (χ1v) is 9.80. The average Bonchev–Trinajstić information content (AvgIpc) is 3.14. The van der Waals surface area contributed by atoms with E-state index in [2.05, 4.69) is 30.8 Å². The Balaban J connectivity index is 1.60. The van der Waals surface area contributed by atoms with Gasteiger partial charge in [0.15, 0.2) is 0 Å². The topological polar surface area (TPSA) is 44.1 Å². The van der Waals surface area contributed by atoms with Gasteiger partial charge in [-0.25, -0.2) is 0 Å². The molecule has 0 unspecified atom stereocenters. The Morgan fingerprint density at radius 3 is 2.69 bits per heavy atom. The van der Waals surface area contributed by atoms with E-state index < -0.39 is 0 Å². The normalized spacial score (nSPS) is 12.3. The number of hydrogen-bond acceptors (Lipinski definition) is 3. The molecule has 2 aromatic carbocycles. The van der Waals surface area contributed by atoms with Crippen LogP contribution < -0.4 is 0 Å². The summed E-state index contributed by atoms with van der Waals surface area (Å²) in [5, 5.41) is 8.89. The zero-order chi connectivity index (χ0) is 18.4. The maximum absolute atomic E-state index is 12.7. The van der Waals surface area contributed by atoms with Crippen molar-refractivity contribution in [1.82, 2.24) is 4.90 Å². The monoisotopic (exact) mass is 362 g/mol. The Morgan fingerprint density at radius 1 is 1.19 bits per heavy atom. The van der Waals surface area contributed by atoms with Crippen LogP contribution in [0.2, 0.25) is 0 Å². The van der Waals surface area contributed by atoms with Gasteiger partial charge in [-0.15, -0.1) is 18.3 Å². The highest BCUT2D eigenvalue weighted by Crippen LogP contribution is 2.27. The Hall–Kier alpha value is -2.51. The lowest BCUT2D eigenvalue weighted by Crippen LogP contribution is -2.32. The SMILES string of the molecule is C=CCN(Cc1ccc(C#N)cc1)C(=O)CSc1ccc2c(c1)CCC2. The van der Waals surface area contributed by atoms with Gasteiger partial charge in [-0.3, -0.25) is 4.79 Å². The van der Waals surface area contributed by atoms with Gasteiger partial charge in [0.2, 0.25) is 5.91 Å². The first kappa shape index (κ1) is 18.3. The van der Waals surface area contributed by atoms with Crippen LogP contribution in [0.25, 0.3) is 0 Å². The summed E-state index contributed by atoms with van der Waals surface area (Å²) in [5.41, 5.74) is 4.53. The molecule has 0 radical (unpaired) electrons. The molecule has 1 aliphatic rings. The van der Waals surface area contributed by atoms with Crippen LogP contribution in [-0.4, -0.2) is 23.1 Å². The number of rotatable bonds is 7. The molecular formula is C22H22N2OS. The molecule has 0 bridgehead atoms. The molecule has 0 N–H and O–H groups in total. The molecule has 1 aliphatic carbocycles. The van der Waals surface area contributed by atoms with Crippen molar-refractivity contribution >= 4 is 17.7 Å². The molecule has 2 aromatic rings. The quantitative estimate of drug-likeness (QED) is 0.543. The van der Waals surface area contributed by atoms with Crippen molar-refractivity contribution < 1.29 is 4.79 Å². The van der Waals surface area contributed by atoms with Crippen LogP contribution in [0.15, 0.2) is 60.0 Å². The highest BCUT2D eigenvalue weighted by atomic mass is 32.2. The standard InChI is InChI=1S/C22H22N2OS/c1-2-12-24(15-18-8-6-17(14-23)7-9-18)22(25)16-26-21-11-10-19-4-3-5-20(19)13-21/h2,6-11,13H,1,3-5,12,15-16H2. The van der Waals surface area contributed by atoms with Gasteiger partial charge in [0.25, 0.3) is 0 Å². The number of nitriles is 1. The van der Waals surface area contributed by atoms with E-state index in [1.807, 2.05) is 12.1 Å². The fourth-order valence-electron chi connectivity index (χ4n) is 3.19. The largest absolute Gasteiger partial charge is 0.334 e. The number of aryl methyl sites for hydroxylation is 2. The van der Waals surface area contributed by atoms with Crippen LogP contribution >= 0.6 is 11.8 Å². The van der Waals surface area contributed by atoms with Crippen LogP contribution in [0.5, 0.6) is 0 Å². The fourth-order valence-corrected chi connectivity index (χ4v) is 4.05. The smallest absolute Gasteiger partial charge is 0.233 e. The van der Waals surface area contributed by atoms with E-state index >= 15 is 0 Å². The third kappa shape index (κ3) is 4.56. The van der Waals surface area contributed by atoms with Crippen molar-refractivity contribution in [2.24, 2.45) is 0 Å². The van der Waals surface area contributed by atoms with Crippen molar-refractivity contribution in [3.63, 3.8) is 0 Å². The van der Waals surface area contributed by atoms with Crippen molar-refractivity contribution in [3.05, 3.63) is 77.4 Å². The van der Waals surface area contributed by atoms with E-state index in [0.717, 1.165) is 16.9 Å². The van der Waals surface area contributed by atoms with Gasteiger partial charge < -0.3 is 4.90 Å². The summed E-state index contributed by atoms with van der Waals surface area (Å²) < 4.78 is 0. The van der Waals surface area contributed by atoms with Crippen molar-refractivity contribution in [3.8, 4) is 6.07 Å². The molecule has 0 saturated heterocycles. The summed E-state index contributed by atoms with van der Waals surface area (Å²) in [4.78, 5) is 15.6. The summed E-state index contributed by atoms with van der Waals surface area (Å²) >= 11 is 1.60. The third-order valence-electron chi connectivity index (χ3n) is 4.59. The first-order valence-electron chi connectivity index (χ1n) is 8.82. The Morgan fingerprint density at radius 2 is 1.96 bits per heavy atom. The molecule has 0 aromatic heterocycles. The molecule has 1 amide bonds. The molecule has 0 aliphatic heterocycles. The predicted molar refractivity (Wildman–Crippen MR) is 106 cm³/mol. The summed E-state index contributed by atoms with van der Waals surface area (Å²) in [6.07, 6.45) is 5.32. The lowest BCUT2D eigenvalue weighted by molar-refractivity contribution is -0.128. The van der Waals surface area contributed by atoms with Crippen LogP contribution in [-0.2, 0) is 24.2 Å². The van der Waals surface area contributed by atoms with Crippen molar-refractivity contribution in [1.29, 1.82) is 5.26 Å². The van der Waals surface area contributed by atoms with Crippen molar-refractivity contribution in [2.75, 3.05) is 12.3 Å². The Bertz CT molecular complexity index is 836. The number of nitrogens with zero attached hydrogens (tertiary/aromatic N) is 2. The van der Waals surface area contributed by atoms with E-state index in [4.69, 9.17) is 5.26 Å². The number of carbonyl (C=O) groups is 1. The van der Waals surface area contributed by atoms with Gasteiger partial charge in [-0.2, -0.15) is 5.26 Å². The van der Waals surface area contributed by atoms with E-state index in [0.29, 0.717) is 24.4 Å². The predicted octanol–water partition coefficient (Wildman–Crippen LogP) is 4.35. The van der Waals surface area contributed by atoms with Crippen LogP contribution in [0.1, 0.15) is 28.7 Å². The summed E-state index contributed by atoms with van der Waals surface area (Å²) in [6, 6.07) is 16.0. The molecule has 0 atom stereocenters. The maximum atomic E-state index is 12.7. The summed E-state index contributed by atoms with van der Waals surface area (Å²) in [6.45, 7) is 4.81. The third-order valence-corrected chi connectivity index (χ3v) is 5.57. The van der Waals surface area contributed by atoms with E-state index in [-0.39, 0.29) is 5.91 Å².